The summed E-state index contributed by atoms with van der Waals surface area (Å²) >= 11 is 5.51. The van der Waals surface area contributed by atoms with Crippen LogP contribution in [0.5, 0.6) is 0 Å². The molecule has 0 bridgehead atoms. The van der Waals surface area contributed by atoms with E-state index in [0.717, 1.165) is 25.4 Å². The molecule has 1 unspecified atom stereocenters. The van der Waals surface area contributed by atoms with E-state index in [1.54, 1.807) is 0 Å². The molecule has 0 spiro atoms. The minimum absolute atomic E-state index is 0.387. The Morgan fingerprint density at radius 1 is 1.27 bits per heavy atom. The van der Waals surface area contributed by atoms with Crippen molar-refractivity contribution in [3.05, 3.63) is 0 Å². The minimum atomic E-state index is 0.387. The van der Waals surface area contributed by atoms with Crippen molar-refractivity contribution in [2.45, 2.75) is 39.7 Å². The number of alkyl halides is 1. The molecule has 11 heavy (non-hydrogen) atoms. The molecule has 0 aromatic heterocycles. The number of hydrogen-bond acceptors (Lipinski definition) is 1. The molecule has 0 saturated heterocycles. The van der Waals surface area contributed by atoms with Crippen molar-refractivity contribution in [3.8, 4) is 0 Å². The third-order valence-corrected chi connectivity index (χ3v) is 1.75. The molecule has 0 aliphatic rings. The molecule has 68 valence electrons. The van der Waals surface area contributed by atoms with Crippen molar-refractivity contribution in [3.63, 3.8) is 0 Å². The summed E-state index contributed by atoms with van der Waals surface area (Å²) in [4.78, 5) is 0. The fraction of sp³-hybridized carbons (Fsp3) is 1.00. The largest absolute Gasteiger partial charge is 0.378 e. The smallest absolute Gasteiger partial charge is 0.0549 e. The van der Waals surface area contributed by atoms with Gasteiger partial charge in [-0.15, -0.1) is 11.6 Å². The van der Waals surface area contributed by atoms with Gasteiger partial charge in [-0.05, 0) is 25.7 Å². The van der Waals surface area contributed by atoms with E-state index < -0.39 is 0 Å². The van der Waals surface area contributed by atoms with Crippen LogP contribution in [-0.4, -0.2) is 18.6 Å². The van der Waals surface area contributed by atoms with E-state index in [-0.39, 0.29) is 0 Å². The first-order valence-electron chi connectivity index (χ1n) is 4.34. The van der Waals surface area contributed by atoms with Gasteiger partial charge in [0.25, 0.3) is 0 Å². The molecule has 0 fully saturated rings. The molecule has 1 atom stereocenters. The van der Waals surface area contributed by atoms with Crippen LogP contribution in [0.1, 0.15) is 33.6 Å². The second-order valence-electron chi connectivity index (χ2n) is 3.35. The predicted molar refractivity (Wildman–Crippen MR) is 50.2 cm³/mol. The van der Waals surface area contributed by atoms with Crippen molar-refractivity contribution < 1.29 is 4.74 Å². The Bertz CT molecular complexity index is 83.6. The Labute approximate surface area is 75.1 Å². The van der Waals surface area contributed by atoms with Crippen LogP contribution in [0.2, 0.25) is 0 Å². The average molecular weight is 179 g/mol. The van der Waals surface area contributed by atoms with Gasteiger partial charge in [0.2, 0.25) is 0 Å². The molecule has 1 nitrogen and oxygen atoms in total. The SMILES string of the molecule is CC(C)CC(C)OCCCCl. The summed E-state index contributed by atoms with van der Waals surface area (Å²) < 4.78 is 5.51. The van der Waals surface area contributed by atoms with Gasteiger partial charge in [-0.2, -0.15) is 0 Å². The molecule has 0 aliphatic carbocycles. The standard InChI is InChI=1S/C9H19ClO/c1-8(2)7-9(3)11-6-4-5-10/h8-9H,4-7H2,1-3H3. The molecule has 0 N–H and O–H groups in total. The van der Waals surface area contributed by atoms with Crippen LogP contribution in [0.15, 0.2) is 0 Å². The predicted octanol–water partition coefficient (Wildman–Crippen LogP) is 3.07. The van der Waals surface area contributed by atoms with Crippen LogP contribution >= 0.6 is 11.6 Å². The molecule has 0 heterocycles. The van der Waals surface area contributed by atoms with Crippen molar-refractivity contribution in [1.82, 2.24) is 0 Å². The van der Waals surface area contributed by atoms with E-state index in [2.05, 4.69) is 20.8 Å². The van der Waals surface area contributed by atoms with E-state index in [0.29, 0.717) is 12.0 Å². The maximum absolute atomic E-state index is 5.51. The molecular formula is C9H19ClO. The van der Waals surface area contributed by atoms with Gasteiger partial charge in [-0.25, -0.2) is 0 Å². The van der Waals surface area contributed by atoms with Crippen molar-refractivity contribution in [2.75, 3.05) is 12.5 Å². The zero-order chi connectivity index (χ0) is 8.69. The maximum atomic E-state index is 5.51. The molecule has 0 aromatic carbocycles. The van der Waals surface area contributed by atoms with Crippen LogP contribution in [0, 0.1) is 5.92 Å². The van der Waals surface area contributed by atoms with Crippen molar-refractivity contribution >= 4 is 11.6 Å². The number of rotatable bonds is 6. The monoisotopic (exact) mass is 178 g/mol. The maximum Gasteiger partial charge on any atom is 0.0549 e. The summed E-state index contributed by atoms with van der Waals surface area (Å²) in [5.74, 6) is 1.43. The van der Waals surface area contributed by atoms with Gasteiger partial charge in [0.05, 0.1) is 6.10 Å². The van der Waals surface area contributed by atoms with E-state index in [1.165, 1.54) is 0 Å². The highest BCUT2D eigenvalue weighted by Crippen LogP contribution is 2.07. The van der Waals surface area contributed by atoms with E-state index in [9.17, 15) is 0 Å². The highest BCUT2D eigenvalue weighted by Gasteiger charge is 2.03. The Balaban J connectivity index is 3.15. The molecule has 0 aromatic rings. The number of ether oxygens (including phenoxy) is 1. The Morgan fingerprint density at radius 2 is 1.91 bits per heavy atom. The summed E-state index contributed by atoms with van der Waals surface area (Å²) in [6.07, 6.45) is 2.49. The highest BCUT2D eigenvalue weighted by molar-refractivity contribution is 6.17. The Morgan fingerprint density at radius 3 is 2.36 bits per heavy atom. The zero-order valence-electron chi connectivity index (χ0n) is 7.77. The van der Waals surface area contributed by atoms with Crippen LogP contribution in [-0.2, 0) is 4.74 Å². The molecule has 0 aliphatic heterocycles. The minimum Gasteiger partial charge on any atom is -0.378 e. The zero-order valence-corrected chi connectivity index (χ0v) is 8.53. The number of hydrogen-bond donors (Lipinski definition) is 0. The van der Waals surface area contributed by atoms with E-state index in [1.807, 2.05) is 0 Å². The van der Waals surface area contributed by atoms with Gasteiger partial charge >= 0.3 is 0 Å². The van der Waals surface area contributed by atoms with Crippen molar-refractivity contribution in [1.29, 1.82) is 0 Å². The lowest BCUT2D eigenvalue weighted by Crippen LogP contribution is -2.12. The van der Waals surface area contributed by atoms with Crippen LogP contribution in [0.4, 0.5) is 0 Å². The molecule has 0 rings (SSSR count). The molecule has 2 heteroatoms. The normalized spacial score (nSPS) is 13.9. The highest BCUT2D eigenvalue weighted by atomic mass is 35.5. The van der Waals surface area contributed by atoms with Gasteiger partial charge in [-0.3, -0.25) is 0 Å². The fourth-order valence-corrected chi connectivity index (χ4v) is 1.18. The lowest BCUT2D eigenvalue weighted by atomic mass is 10.1. The second kappa shape index (κ2) is 6.93. The van der Waals surface area contributed by atoms with Gasteiger partial charge < -0.3 is 4.74 Å². The topological polar surface area (TPSA) is 9.23 Å². The van der Waals surface area contributed by atoms with E-state index in [4.69, 9.17) is 16.3 Å². The van der Waals surface area contributed by atoms with Crippen LogP contribution in [0.3, 0.4) is 0 Å². The van der Waals surface area contributed by atoms with Gasteiger partial charge in [0.1, 0.15) is 0 Å². The first-order valence-corrected chi connectivity index (χ1v) is 4.87. The quantitative estimate of drug-likeness (QED) is 0.449. The first kappa shape index (κ1) is 11.2. The van der Waals surface area contributed by atoms with E-state index >= 15 is 0 Å². The summed E-state index contributed by atoms with van der Waals surface area (Å²) in [6, 6.07) is 0. The summed E-state index contributed by atoms with van der Waals surface area (Å²) in [6.45, 7) is 7.34. The summed E-state index contributed by atoms with van der Waals surface area (Å²) in [5.41, 5.74) is 0. The van der Waals surface area contributed by atoms with Crippen molar-refractivity contribution in [2.24, 2.45) is 5.92 Å². The molecule has 0 radical (unpaired) electrons. The average Bonchev–Trinajstić information content (AvgIpc) is 1.86. The van der Waals surface area contributed by atoms with Gasteiger partial charge in [-0.1, -0.05) is 13.8 Å². The summed E-state index contributed by atoms with van der Waals surface area (Å²) in [5, 5.41) is 0. The van der Waals surface area contributed by atoms with Gasteiger partial charge in [0.15, 0.2) is 0 Å². The fourth-order valence-electron chi connectivity index (χ4n) is 1.07. The van der Waals surface area contributed by atoms with Crippen LogP contribution in [0.25, 0.3) is 0 Å². The third-order valence-electron chi connectivity index (χ3n) is 1.48. The second-order valence-corrected chi connectivity index (χ2v) is 3.73. The third kappa shape index (κ3) is 8.15. The first-order chi connectivity index (χ1) is 5.16. The Kier molecular flexibility index (Phi) is 7.09. The summed E-state index contributed by atoms with van der Waals surface area (Å²) in [7, 11) is 0. The Hall–Kier alpha value is 0.250. The lowest BCUT2D eigenvalue weighted by molar-refractivity contribution is 0.0528. The molecule has 0 amide bonds. The molecule has 0 saturated carbocycles. The molecular weight excluding hydrogens is 160 g/mol. The van der Waals surface area contributed by atoms with Crippen LogP contribution < -0.4 is 0 Å². The lowest BCUT2D eigenvalue weighted by Gasteiger charge is -2.14. The number of halogens is 1. The van der Waals surface area contributed by atoms with Gasteiger partial charge in [0, 0.05) is 12.5 Å².